The highest BCUT2D eigenvalue weighted by Gasteiger charge is 2.32. The molecule has 0 saturated carbocycles. The van der Waals surface area contributed by atoms with Gasteiger partial charge in [-0.1, -0.05) is 11.6 Å². The van der Waals surface area contributed by atoms with Crippen molar-refractivity contribution in [2.24, 2.45) is 0 Å². The van der Waals surface area contributed by atoms with Crippen LogP contribution in [0.25, 0.3) is 28.3 Å². The number of aromatic nitrogens is 2. The van der Waals surface area contributed by atoms with Gasteiger partial charge in [0.1, 0.15) is 11.5 Å². The predicted molar refractivity (Wildman–Crippen MR) is 129 cm³/mol. The van der Waals surface area contributed by atoms with Gasteiger partial charge < -0.3 is 14.6 Å². The van der Waals surface area contributed by atoms with Crippen molar-refractivity contribution in [3.8, 4) is 28.3 Å². The molecule has 0 bridgehead atoms. The third-order valence-electron chi connectivity index (χ3n) is 5.54. The molecule has 1 atom stereocenters. The Kier molecular flexibility index (Phi) is 6.20. The highest BCUT2D eigenvalue weighted by Crippen LogP contribution is 2.36. The Bertz CT molecular complexity index is 1400. The molecular weight excluding hydrogens is 459 g/mol. The number of aliphatic hydroxyl groups excluding tert-OH is 1. The van der Waals surface area contributed by atoms with E-state index in [0.717, 1.165) is 11.1 Å². The van der Waals surface area contributed by atoms with Crippen LogP contribution in [0.5, 0.6) is 0 Å². The van der Waals surface area contributed by atoms with Gasteiger partial charge in [0.25, 0.3) is 5.56 Å². The summed E-state index contributed by atoms with van der Waals surface area (Å²) in [6, 6.07) is 12.3. The maximum atomic E-state index is 13.5. The molecule has 2 N–H and O–H groups in total. The van der Waals surface area contributed by atoms with Crippen LogP contribution in [-0.4, -0.2) is 25.4 Å². The standard InChI is InChI=1S/C26H24ClFN2O4/c1-14-11-19(12-15(2)21(14)27)30-13-17(7-10-20(30)31)22-23(16-5-8-18(28)9-6-16)34-25(29-22)24(32)26(3,4)33/h5-13,24,32-33H,1-4H3. The topological polar surface area (TPSA) is 88.5 Å². The first-order valence-electron chi connectivity index (χ1n) is 10.6. The van der Waals surface area contributed by atoms with Crippen LogP contribution in [0.4, 0.5) is 4.39 Å². The van der Waals surface area contributed by atoms with Crippen LogP contribution >= 0.6 is 11.6 Å². The smallest absolute Gasteiger partial charge is 0.255 e. The van der Waals surface area contributed by atoms with E-state index in [2.05, 4.69) is 4.98 Å². The number of halogens is 2. The third-order valence-corrected chi connectivity index (χ3v) is 6.13. The monoisotopic (exact) mass is 482 g/mol. The Hall–Kier alpha value is -3.26. The second-order valence-electron chi connectivity index (χ2n) is 8.81. The molecule has 2 heterocycles. The Morgan fingerprint density at radius 3 is 2.24 bits per heavy atom. The molecule has 0 fully saturated rings. The second kappa shape index (κ2) is 8.83. The van der Waals surface area contributed by atoms with Gasteiger partial charge in [0, 0.05) is 34.1 Å². The fourth-order valence-corrected chi connectivity index (χ4v) is 3.75. The maximum Gasteiger partial charge on any atom is 0.255 e. The molecular formula is C26H24ClFN2O4. The van der Waals surface area contributed by atoms with Crippen molar-refractivity contribution in [2.75, 3.05) is 0 Å². The highest BCUT2D eigenvalue weighted by atomic mass is 35.5. The molecule has 0 aliphatic carbocycles. The van der Waals surface area contributed by atoms with Gasteiger partial charge in [-0.3, -0.25) is 9.36 Å². The SMILES string of the molecule is Cc1cc(-n2cc(-c3nc(C(O)C(C)(C)O)oc3-c3ccc(F)cc3)ccc2=O)cc(C)c1Cl. The van der Waals surface area contributed by atoms with Gasteiger partial charge in [-0.2, -0.15) is 0 Å². The predicted octanol–water partition coefficient (Wildman–Crippen LogP) is 5.37. The lowest BCUT2D eigenvalue weighted by molar-refractivity contribution is -0.0617. The molecule has 176 valence electrons. The van der Waals surface area contributed by atoms with E-state index in [-0.39, 0.29) is 17.2 Å². The minimum Gasteiger partial charge on any atom is -0.437 e. The molecule has 8 heteroatoms. The van der Waals surface area contributed by atoms with Gasteiger partial charge in [0.15, 0.2) is 11.9 Å². The number of pyridine rings is 1. The Morgan fingerprint density at radius 1 is 1.06 bits per heavy atom. The van der Waals surface area contributed by atoms with E-state index in [1.165, 1.54) is 48.7 Å². The minimum absolute atomic E-state index is 0.0993. The summed E-state index contributed by atoms with van der Waals surface area (Å²) < 4.78 is 20.9. The van der Waals surface area contributed by atoms with E-state index < -0.39 is 17.5 Å². The summed E-state index contributed by atoms with van der Waals surface area (Å²) in [6.45, 7) is 6.60. The quantitative estimate of drug-likeness (QED) is 0.399. The molecule has 1 unspecified atom stereocenters. The van der Waals surface area contributed by atoms with Crippen molar-refractivity contribution in [1.82, 2.24) is 9.55 Å². The van der Waals surface area contributed by atoms with Crippen LogP contribution in [0.15, 0.2) is 63.9 Å². The lowest BCUT2D eigenvalue weighted by atomic mass is 10.0. The Balaban J connectivity index is 1.92. The number of oxazole rings is 1. The van der Waals surface area contributed by atoms with Crippen LogP contribution in [0.2, 0.25) is 5.02 Å². The van der Waals surface area contributed by atoms with Gasteiger partial charge >= 0.3 is 0 Å². The summed E-state index contributed by atoms with van der Waals surface area (Å²) >= 11 is 6.29. The summed E-state index contributed by atoms with van der Waals surface area (Å²) in [5.74, 6) is -0.242. The van der Waals surface area contributed by atoms with Crippen molar-refractivity contribution < 1.29 is 19.0 Å². The van der Waals surface area contributed by atoms with Crippen LogP contribution in [0.1, 0.15) is 37.0 Å². The van der Waals surface area contributed by atoms with E-state index in [1.54, 1.807) is 12.3 Å². The van der Waals surface area contributed by atoms with Gasteiger partial charge in [-0.15, -0.1) is 0 Å². The Morgan fingerprint density at radius 2 is 1.65 bits per heavy atom. The van der Waals surface area contributed by atoms with E-state index in [4.69, 9.17) is 16.0 Å². The molecule has 2 aromatic heterocycles. The van der Waals surface area contributed by atoms with Crippen molar-refractivity contribution in [1.29, 1.82) is 0 Å². The van der Waals surface area contributed by atoms with Gasteiger partial charge in [0.05, 0.1) is 5.60 Å². The van der Waals surface area contributed by atoms with Crippen molar-refractivity contribution in [3.05, 3.63) is 92.9 Å². The fraction of sp³-hybridized carbons (Fsp3) is 0.231. The van der Waals surface area contributed by atoms with Crippen molar-refractivity contribution >= 4 is 11.6 Å². The van der Waals surface area contributed by atoms with Crippen LogP contribution in [0.3, 0.4) is 0 Å². The number of hydrogen-bond donors (Lipinski definition) is 2. The van der Waals surface area contributed by atoms with Gasteiger partial charge in [-0.25, -0.2) is 9.37 Å². The number of benzene rings is 2. The first kappa shape index (κ1) is 23.9. The molecule has 0 amide bonds. The fourth-order valence-electron chi connectivity index (χ4n) is 3.64. The molecule has 0 aliphatic heterocycles. The van der Waals surface area contributed by atoms with Crippen LogP contribution < -0.4 is 5.56 Å². The zero-order chi connectivity index (χ0) is 24.8. The van der Waals surface area contributed by atoms with E-state index >= 15 is 0 Å². The first-order valence-corrected chi connectivity index (χ1v) is 11.0. The summed E-state index contributed by atoms with van der Waals surface area (Å²) in [7, 11) is 0. The highest BCUT2D eigenvalue weighted by molar-refractivity contribution is 6.32. The van der Waals surface area contributed by atoms with Crippen molar-refractivity contribution in [2.45, 2.75) is 39.4 Å². The summed E-state index contributed by atoms with van der Waals surface area (Å²) in [6.07, 6.45) is 0.211. The van der Waals surface area contributed by atoms with Crippen LogP contribution in [0, 0.1) is 19.7 Å². The maximum absolute atomic E-state index is 13.5. The van der Waals surface area contributed by atoms with E-state index in [1.807, 2.05) is 26.0 Å². The summed E-state index contributed by atoms with van der Waals surface area (Å²) in [5.41, 5.74) is 1.91. The normalized spacial score (nSPS) is 12.7. The molecule has 6 nitrogen and oxygen atoms in total. The molecule has 0 saturated heterocycles. The molecule has 0 spiro atoms. The zero-order valence-corrected chi connectivity index (χ0v) is 19.9. The zero-order valence-electron chi connectivity index (χ0n) is 19.1. The number of rotatable bonds is 5. The average molecular weight is 483 g/mol. The number of aryl methyl sites for hydroxylation is 2. The lowest BCUT2D eigenvalue weighted by Crippen LogP contribution is -2.28. The minimum atomic E-state index is -1.51. The third kappa shape index (κ3) is 4.55. The molecule has 2 aromatic carbocycles. The molecule has 0 aliphatic rings. The number of nitrogens with zero attached hydrogens (tertiary/aromatic N) is 2. The first-order chi connectivity index (χ1) is 16.0. The summed E-state index contributed by atoms with van der Waals surface area (Å²) in [4.78, 5) is 17.2. The molecule has 34 heavy (non-hydrogen) atoms. The average Bonchev–Trinajstić information content (AvgIpc) is 3.22. The second-order valence-corrected chi connectivity index (χ2v) is 9.19. The molecule has 4 rings (SSSR count). The van der Waals surface area contributed by atoms with Gasteiger partial charge in [-0.05, 0) is 81.3 Å². The van der Waals surface area contributed by atoms with Crippen molar-refractivity contribution in [3.63, 3.8) is 0 Å². The number of aliphatic hydroxyl groups is 2. The van der Waals surface area contributed by atoms with E-state index in [0.29, 0.717) is 27.5 Å². The van der Waals surface area contributed by atoms with Gasteiger partial charge in [0.2, 0.25) is 5.89 Å². The van der Waals surface area contributed by atoms with E-state index in [9.17, 15) is 19.4 Å². The molecule has 4 aromatic rings. The lowest BCUT2D eigenvalue weighted by Gasteiger charge is -2.21. The van der Waals surface area contributed by atoms with Crippen LogP contribution in [-0.2, 0) is 0 Å². The largest absolute Gasteiger partial charge is 0.437 e. The molecule has 0 radical (unpaired) electrons. The Labute approximate surface area is 200 Å². The summed E-state index contributed by atoms with van der Waals surface area (Å²) in [5, 5.41) is 21.5. The number of hydrogen-bond acceptors (Lipinski definition) is 5.